The van der Waals surface area contributed by atoms with E-state index in [4.69, 9.17) is 5.10 Å². The first-order valence-corrected chi connectivity index (χ1v) is 12.5. The lowest BCUT2D eigenvalue weighted by atomic mass is 9.95. The van der Waals surface area contributed by atoms with Crippen LogP contribution in [0.3, 0.4) is 0 Å². The van der Waals surface area contributed by atoms with Gasteiger partial charge in [-0.3, -0.25) is 4.68 Å². The Kier molecular flexibility index (Phi) is 6.86. The van der Waals surface area contributed by atoms with Gasteiger partial charge < -0.3 is 20.5 Å². The van der Waals surface area contributed by atoms with Crippen LogP contribution in [0.2, 0.25) is 0 Å². The highest BCUT2D eigenvalue weighted by molar-refractivity contribution is 5.97. The van der Waals surface area contributed by atoms with E-state index in [2.05, 4.69) is 83.1 Å². The number of hydrogen-bond acceptors (Lipinski definition) is 4. The number of nitrogens with zero attached hydrogens (tertiary/aromatic N) is 4. The van der Waals surface area contributed by atoms with Gasteiger partial charge >= 0.3 is 6.03 Å². The van der Waals surface area contributed by atoms with Gasteiger partial charge in [0.15, 0.2) is 0 Å². The molecule has 0 fully saturated rings. The summed E-state index contributed by atoms with van der Waals surface area (Å²) in [6.07, 6.45) is 19.0. The van der Waals surface area contributed by atoms with E-state index in [-0.39, 0.29) is 12.1 Å². The molecule has 0 bridgehead atoms. The van der Waals surface area contributed by atoms with Crippen molar-refractivity contribution in [3.8, 4) is 11.1 Å². The first-order valence-electron chi connectivity index (χ1n) is 12.5. The van der Waals surface area contributed by atoms with Crippen LogP contribution in [-0.4, -0.2) is 50.8 Å². The lowest BCUT2D eigenvalue weighted by molar-refractivity contribution is 0.241. The number of aromatic amines is 1. The molecular weight excluding hydrogens is 450 g/mol. The summed E-state index contributed by atoms with van der Waals surface area (Å²) in [6.45, 7) is 3.70. The van der Waals surface area contributed by atoms with Gasteiger partial charge in [-0.05, 0) is 69.6 Å². The number of fused-ring (bicyclic) bond motifs is 1. The molecule has 0 aliphatic heterocycles. The molecule has 2 amide bonds. The van der Waals surface area contributed by atoms with Gasteiger partial charge in [0.05, 0.1) is 11.7 Å². The molecule has 8 nitrogen and oxygen atoms in total. The van der Waals surface area contributed by atoms with Crippen LogP contribution in [-0.2, 0) is 13.1 Å². The summed E-state index contributed by atoms with van der Waals surface area (Å²) in [5.74, 6) is 0. The Balaban J connectivity index is 1.37. The van der Waals surface area contributed by atoms with Crippen LogP contribution in [0.5, 0.6) is 0 Å². The summed E-state index contributed by atoms with van der Waals surface area (Å²) in [5, 5.41) is 12.0. The zero-order valence-corrected chi connectivity index (χ0v) is 21.1. The van der Waals surface area contributed by atoms with E-state index >= 15 is 0 Å². The van der Waals surface area contributed by atoms with E-state index in [1.165, 1.54) is 0 Å². The normalized spacial score (nSPS) is 17.4. The molecule has 2 aliphatic carbocycles. The Labute approximate surface area is 211 Å². The third-order valence-corrected chi connectivity index (χ3v) is 6.39. The van der Waals surface area contributed by atoms with E-state index in [0.717, 1.165) is 70.7 Å². The van der Waals surface area contributed by atoms with Gasteiger partial charge in [-0.2, -0.15) is 5.10 Å². The van der Waals surface area contributed by atoms with Crippen molar-refractivity contribution in [1.82, 2.24) is 35.3 Å². The number of allylic oxidation sites excluding steroid dienone is 5. The summed E-state index contributed by atoms with van der Waals surface area (Å²) >= 11 is 0. The maximum absolute atomic E-state index is 12.4. The number of pyridine rings is 1. The molecule has 1 atom stereocenters. The van der Waals surface area contributed by atoms with Crippen molar-refractivity contribution in [2.24, 2.45) is 0 Å². The molecule has 3 aromatic rings. The fraction of sp³-hybridized carbons (Fsp3) is 0.321. The molecule has 0 saturated heterocycles. The Bertz CT molecular complexity index is 1390. The smallest absolute Gasteiger partial charge is 0.319 e. The summed E-state index contributed by atoms with van der Waals surface area (Å²) in [5.41, 5.74) is 7.05. The van der Waals surface area contributed by atoms with Crippen molar-refractivity contribution < 1.29 is 4.79 Å². The predicted molar refractivity (Wildman–Crippen MR) is 144 cm³/mol. The van der Waals surface area contributed by atoms with E-state index in [1.807, 2.05) is 29.1 Å². The monoisotopic (exact) mass is 483 g/mol. The molecule has 0 radical (unpaired) electrons. The third kappa shape index (κ3) is 5.18. The first kappa shape index (κ1) is 23.8. The molecule has 2 aliphatic rings. The topological polar surface area (TPSA) is 90.9 Å². The minimum atomic E-state index is -0.185. The van der Waals surface area contributed by atoms with Gasteiger partial charge in [-0.25, -0.2) is 9.78 Å². The number of carbonyl (C=O) groups excluding carboxylic acids is 1. The highest BCUT2D eigenvalue weighted by Crippen LogP contribution is 2.35. The maximum atomic E-state index is 12.4. The Hall–Kier alpha value is -3.91. The highest BCUT2D eigenvalue weighted by Gasteiger charge is 2.20. The van der Waals surface area contributed by atoms with E-state index in [1.54, 1.807) is 0 Å². The molecule has 3 N–H and O–H groups in total. The van der Waals surface area contributed by atoms with Crippen molar-refractivity contribution >= 4 is 22.6 Å². The number of amides is 2. The molecule has 36 heavy (non-hydrogen) atoms. The molecule has 186 valence electrons. The summed E-state index contributed by atoms with van der Waals surface area (Å²) in [4.78, 5) is 22.6. The van der Waals surface area contributed by atoms with Gasteiger partial charge in [0.1, 0.15) is 5.65 Å². The average molecular weight is 484 g/mol. The molecule has 3 aromatic heterocycles. The molecular formula is C28H33N7O. The lowest BCUT2D eigenvalue weighted by Gasteiger charge is -2.19. The number of rotatable bonds is 7. The summed E-state index contributed by atoms with van der Waals surface area (Å²) in [6, 6.07) is 4.00. The van der Waals surface area contributed by atoms with Crippen LogP contribution < -0.4 is 10.6 Å². The third-order valence-electron chi connectivity index (χ3n) is 6.39. The molecule has 8 heteroatoms. The van der Waals surface area contributed by atoms with Gasteiger partial charge in [0, 0.05) is 47.8 Å². The number of hydrogen-bond donors (Lipinski definition) is 3. The minimum absolute atomic E-state index is 0.0653. The predicted octanol–water partition coefficient (Wildman–Crippen LogP) is 4.75. The highest BCUT2D eigenvalue weighted by atomic mass is 16.2. The number of carbonyl (C=O) groups is 1. The van der Waals surface area contributed by atoms with Crippen molar-refractivity contribution in [1.29, 1.82) is 0 Å². The largest absolute Gasteiger partial charge is 0.342 e. The van der Waals surface area contributed by atoms with Crippen LogP contribution in [0, 0.1) is 0 Å². The molecule has 5 rings (SSSR count). The first-order chi connectivity index (χ1) is 17.5. The number of aryl methyl sites for hydroxylation is 1. The Morgan fingerprint density at radius 3 is 2.83 bits per heavy atom. The SMILES string of the molecule is CCn1cc(-c2ccnc3[nH]c(CN(C)C)cc23)c(C2=CCC(NC(=O)NC3=CCCC=C3)C=C2)n1. The quantitative estimate of drug-likeness (QED) is 0.452. The van der Waals surface area contributed by atoms with Crippen LogP contribution in [0.4, 0.5) is 4.79 Å². The number of urea groups is 1. The molecule has 0 spiro atoms. The molecule has 1 unspecified atom stereocenters. The maximum Gasteiger partial charge on any atom is 0.319 e. The van der Waals surface area contributed by atoms with Crippen LogP contribution in [0.15, 0.2) is 66.7 Å². The van der Waals surface area contributed by atoms with Crippen molar-refractivity contribution in [3.05, 3.63) is 78.1 Å². The van der Waals surface area contributed by atoms with Crippen molar-refractivity contribution in [2.75, 3.05) is 14.1 Å². The van der Waals surface area contributed by atoms with E-state index < -0.39 is 0 Å². The van der Waals surface area contributed by atoms with Gasteiger partial charge in [0.2, 0.25) is 0 Å². The van der Waals surface area contributed by atoms with Crippen molar-refractivity contribution in [2.45, 2.75) is 45.3 Å². The van der Waals surface area contributed by atoms with Gasteiger partial charge in [0.25, 0.3) is 0 Å². The molecule has 3 heterocycles. The zero-order valence-electron chi connectivity index (χ0n) is 21.1. The molecule has 0 saturated carbocycles. The van der Waals surface area contributed by atoms with E-state index in [9.17, 15) is 4.79 Å². The number of H-pyrrole nitrogens is 1. The van der Waals surface area contributed by atoms with Crippen LogP contribution in [0.25, 0.3) is 27.7 Å². The minimum Gasteiger partial charge on any atom is -0.342 e. The van der Waals surface area contributed by atoms with Gasteiger partial charge in [-0.1, -0.05) is 30.4 Å². The van der Waals surface area contributed by atoms with Gasteiger partial charge in [-0.15, -0.1) is 0 Å². The fourth-order valence-corrected chi connectivity index (χ4v) is 4.68. The lowest BCUT2D eigenvalue weighted by Crippen LogP contribution is -2.41. The summed E-state index contributed by atoms with van der Waals surface area (Å²) < 4.78 is 1.97. The number of aromatic nitrogens is 4. The van der Waals surface area contributed by atoms with Crippen LogP contribution in [0.1, 0.15) is 37.6 Å². The molecule has 0 aromatic carbocycles. The Morgan fingerprint density at radius 1 is 1.22 bits per heavy atom. The van der Waals surface area contributed by atoms with Crippen molar-refractivity contribution in [3.63, 3.8) is 0 Å². The average Bonchev–Trinajstić information content (AvgIpc) is 3.48. The fourth-order valence-electron chi connectivity index (χ4n) is 4.68. The summed E-state index contributed by atoms with van der Waals surface area (Å²) in [7, 11) is 4.11. The van der Waals surface area contributed by atoms with E-state index in [0.29, 0.717) is 6.42 Å². The number of nitrogens with one attached hydrogen (secondary N) is 3. The Morgan fingerprint density at radius 2 is 2.11 bits per heavy atom. The van der Waals surface area contributed by atoms with Crippen LogP contribution >= 0.6 is 0 Å². The zero-order chi connectivity index (χ0) is 25.1. The standard InChI is InChI=1S/C28H33N7O/c1-4-35-18-25(23-14-15-29-27-24(23)16-22(30-27)17-34(2)3)26(33-35)19-10-12-21(13-11-19)32-28(36)31-20-8-6-5-7-9-20/h6,8-12,14-16,18,21H,4-5,7,13,17H2,1-3H3,(H,29,30)(H2,31,32,36). The second-order valence-corrected chi connectivity index (χ2v) is 9.50. The second kappa shape index (κ2) is 10.4. The second-order valence-electron chi connectivity index (χ2n) is 9.50.